The molecule has 0 spiro atoms. The lowest BCUT2D eigenvalue weighted by Crippen LogP contribution is -2.57. The molecule has 0 aromatic heterocycles. The van der Waals surface area contributed by atoms with Crippen molar-refractivity contribution >= 4 is 5.91 Å². The van der Waals surface area contributed by atoms with E-state index in [0.717, 1.165) is 19.4 Å². The van der Waals surface area contributed by atoms with Gasteiger partial charge in [-0.1, -0.05) is 0 Å². The molecule has 3 nitrogen and oxygen atoms in total. The lowest BCUT2D eigenvalue weighted by atomic mass is 9.78. The van der Waals surface area contributed by atoms with Crippen LogP contribution < -0.4 is 10.6 Å². The van der Waals surface area contributed by atoms with E-state index in [9.17, 15) is 4.79 Å². The zero-order chi connectivity index (χ0) is 9.19. The maximum atomic E-state index is 11.1. The molecule has 0 saturated carbocycles. The lowest BCUT2D eigenvalue weighted by Gasteiger charge is -2.38. The number of carbonyl (C=O) groups excluding carboxylic acids is 1. The van der Waals surface area contributed by atoms with Crippen LogP contribution in [0, 0.1) is 5.41 Å². The number of β-lactam (4-membered cyclic amide) rings is 1. The van der Waals surface area contributed by atoms with Crippen LogP contribution in [-0.2, 0) is 4.79 Å². The Morgan fingerprint density at radius 1 is 1.75 bits per heavy atom. The van der Waals surface area contributed by atoms with Crippen LogP contribution in [0.15, 0.2) is 0 Å². The van der Waals surface area contributed by atoms with Crippen molar-refractivity contribution in [3.63, 3.8) is 0 Å². The first-order valence-corrected chi connectivity index (χ1v) is 4.54. The van der Waals surface area contributed by atoms with E-state index in [4.69, 9.17) is 0 Å². The Kier molecular flexibility index (Phi) is 2.73. The van der Waals surface area contributed by atoms with Crippen LogP contribution >= 0.6 is 0 Å². The molecule has 0 aromatic rings. The number of hydrogen-bond acceptors (Lipinski definition) is 2. The first-order valence-electron chi connectivity index (χ1n) is 4.54. The number of rotatable bonds is 4. The topological polar surface area (TPSA) is 41.1 Å². The fourth-order valence-electron chi connectivity index (χ4n) is 1.34. The second-order valence-electron chi connectivity index (χ2n) is 3.97. The Labute approximate surface area is 73.9 Å². The molecule has 1 saturated heterocycles. The summed E-state index contributed by atoms with van der Waals surface area (Å²) < 4.78 is 0. The van der Waals surface area contributed by atoms with Crippen molar-refractivity contribution in [2.75, 3.05) is 13.6 Å². The van der Waals surface area contributed by atoms with Crippen LogP contribution in [-0.4, -0.2) is 25.5 Å². The van der Waals surface area contributed by atoms with E-state index < -0.39 is 0 Å². The van der Waals surface area contributed by atoms with Gasteiger partial charge in [0.25, 0.3) is 0 Å². The van der Waals surface area contributed by atoms with Gasteiger partial charge in [-0.25, -0.2) is 0 Å². The maximum absolute atomic E-state index is 11.1. The molecule has 70 valence electrons. The van der Waals surface area contributed by atoms with Gasteiger partial charge in [0.2, 0.25) is 5.91 Å². The Morgan fingerprint density at radius 2 is 2.42 bits per heavy atom. The minimum Gasteiger partial charge on any atom is -0.355 e. The molecule has 1 fully saturated rings. The molecule has 1 amide bonds. The molecule has 1 aliphatic heterocycles. The van der Waals surface area contributed by atoms with Crippen LogP contribution in [0.1, 0.15) is 26.7 Å². The smallest absolute Gasteiger partial charge is 0.227 e. The summed E-state index contributed by atoms with van der Waals surface area (Å²) in [4.78, 5) is 11.1. The van der Waals surface area contributed by atoms with Gasteiger partial charge >= 0.3 is 0 Å². The predicted molar refractivity (Wildman–Crippen MR) is 48.9 cm³/mol. The van der Waals surface area contributed by atoms with Gasteiger partial charge in [0.1, 0.15) is 0 Å². The van der Waals surface area contributed by atoms with Crippen LogP contribution in [0.4, 0.5) is 0 Å². The SMILES string of the molecule is CNC(C)CCC1(C)CNC1=O. The third-order valence-electron chi connectivity index (χ3n) is 2.81. The average Bonchev–Trinajstić information content (AvgIpc) is 2.10. The van der Waals surface area contributed by atoms with Crippen molar-refractivity contribution < 1.29 is 4.79 Å². The van der Waals surface area contributed by atoms with E-state index in [1.54, 1.807) is 0 Å². The van der Waals surface area contributed by atoms with E-state index >= 15 is 0 Å². The molecule has 3 heteroatoms. The monoisotopic (exact) mass is 170 g/mol. The van der Waals surface area contributed by atoms with Gasteiger partial charge in [-0.05, 0) is 33.7 Å². The Morgan fingerprint density at radius 3 is 2.75 bits per heavy atom. The molecule has 2 unspecified atom stereocenters. The van der Waals surface area contributed by atoms with Gasteiger partial charge in [-0.3, -0.25) is 4.79 Å². The number of amides is 1. The van der Waals surface area contributed by atoms with Gasteiger partial charge in [0.15, 0.2) is 0 Å². The minimum atomic E-state index is -0.0783. The van der Waals surface area contributed by atoms with Gasteiger partial charge in [-0.2, -0.15) is 0 Å². The third kappa shape index (κ3) is 1.78. The summed E-state index contributed by atoms with van der Waals surface area (Å²) in [5.41, 5.74) is -0.0783. The second kappa shape index (κ2) is 3.44. The molecule has 0 bridgehead atoms. The van der Waals surface area contributed by atoms with E-state index in [1.807, 2.05) is 14.0 Å². The van der Waals surface area contributed by atoms with Crippen LogP contribution in [0.3, 0.4) is 0 Å². The summed E-state index contributed by atoms with van der Waals surface area (Å²) in [6.45, 7) is 5.02. The largest absolute Gasteiger partial charge is 0.355 e. The predicted octanol–water partition coefficient (Wildman–Crippen LogP) is 0.511. The fourth-order valence-corrected chi connectivity index (χ4v) is 1.34. The van der Waals surface area contributed by atoms with Crippen molar-refractivity contribution in [2.45, 2.75) is 32.7 Å². The molecule has 12 heavy (non-hydrogen) atoms. The standard InChI is InChI=1S/C9H18N2O/c1-7(10-3)4-5-9(2)6-11-8(9)12/h7,10H,4-6H2,1-3H3,(H,11,12). The Balaban J connectivity index is 2.27. The van der Waals surface area contributed by atoms with Crippen LogP contribution in [0.25, 0.3) is 0 Å². The summed E-state index contributed by atoms with van der Waals surface area (Å²) in [5.74, 6) is 0.214. The average molecular weight is 170 g/mol. The van der Waals surface area contributed by atoms with E-state index in [0.29, 0.717) is 6.04 Å². The molecular formula is C9H18N2O. The highest BCUT2D eigenvalue weighted by molar-refractivity contribution is 5.88. The molecule has 1 aliphatic rings. The van der Waals surface area contributed by atoms with Crippen molar-refractivity contribution in [3.05, 3.63) is 0 Å². The first-order chi connectivity index (χ1) is 5.58. The molecule has 2 N–H and O–H groups in total. The minimum absolute atomic E-state index is 0.0783. The van der Waals surface area contributed by atoms with Gasteiger partial charge < -0.3 is 10.6 Å². The summed E-state index contributed by atoms with van der Waals surface area (Å²) in [6.07, 6.45) is 2.06. The Hall–Kier alpha value is -0.570. The van der Waals surface area contributed by atoms with Crippen LogP contribution in [0.5, 0.6) is 0 Å². The molecule has 0 aromatic carbocycles. The van der Waals surface area contributed by atoms with E-state index in [-0.39, 0.29) is 11.3 Å². The highest BCUT2D eigenvalue weighted by Crippen LogP contribution is 2.29. The molecular weight excluding hydrogens is 152 g/mol. The lowest BCUT2D eigenvalue weighted by molar-refractivity contribution is -0.139. The zero-order valence-corrected chi connectivity index (χ0v) is 8.11. The summed E-state index contributed by atoms with van der Waals surface area (Å²) in [6, 6.07) is 0.509. The quantitative estimate of drug-likeness (QED) is 0.604. The number of carbonyl (C=O) groups is 1. The summed E-state index contributed by atoms with van der Waals surface area (Å²) >= 11 is 0. The van der Waals surface area contributed by atoms with Crippen LogP contribution in [0.2, 0.25) is 0 Å². The van der Waals surface area contributed by atoms with E-state index in [2.05, 4.69) is 17.6 Å². The fraction of sp³-hybridized carbons (Fsp3) is 0.889. The molecule has 0 aliphatic carbocycles. The van der Waals surface area contributed by atoms with Gasteiger partial charge in [0, 0.05) is 12.6 Å². The maximum Gasteiger partial charge on any atom is 0.227 e. The normalized spacial score (nSPS) is 30.8. The molecule has 1 heterocycles. The van der Waals surface area contributed by atoms with Crippen molar-refractivity contribution in [3.8, 4) is 0 Å². The van der Waals surface area contributed by atoms with Gasteiger partial charge in [0.05, 0.1) is 5.41 Å². The van der Waals surface area contributed by atoms with Crippen molar-refractivity contribution in [1.29, 1.82) is 0 Å². The molecule has 2 atom stereocenters. The van der Waals surface area contributed by atoms with Crippen molar-refractivity contribution in [1.82, 2.24) is 10.6 Å². The number of hydrogen-bond donors (Lipinski definition) is 2. The third-order valence-corrected chi connectivity index (χ3v) is 2.81. The summed E-state index contributed by atoms with van der Waals surface area (Å²) in [7, 11) is 1.95. The zero-order valence-electron chi connectivity index (χ0n) is 8.11. The van der Waals surface area contributed by atoms with Crippen molar-refractivity contribution in [2.24, 2.45) is 5.41 Å². The number of nitrogens with one attached hydrogen (secondary N) is 2. The Bertz CT molecular complexity index is 181. The van der Waals surface area contributed by atoms with E-state index in [1.165, 1.54) is 0 Å². The van der Waals surface area contributed by atoms with Gasteiger partial charge in [-0.15, -0.1) is 0 Å². The molecule has 1 rings (SSSR count). The first kappa shape index (κ1) is 9.52. The second-order valence-corrected chi connectivity index (χ2v) is 3.97. The highest BCUT2D eigenvalue weighted by Gasteiger charge is 2.40. The highest BCUT2D eigenvalue weighted by atomic mass is 16.2. The summed E-state index contributed by atoms with van der Waals surface area (Å²) in [5, 5.41) is 5.95. The molecule has 0 radical (unpaired) electrons.